The molecule has 2 fully saturated rings. The molecule has 1 aliphatic heterocycles. The Hall–Kier alpha value is -4.60. The van der Waals surface area contributed by atoms with Crippen molar-refractivity contribution in [1.82, 2.24) is 0 Å². The summed E-state index contributed by atoms with van der Waals surface area (Å²) in [6.07, 6.45) is 6.91. The number of esters is 2. The van der Waals surface area contributed by atoms with Gasteiger partial charge in [0.05, 0.1) is 25.9 Å². The van der Waals surface area contributed by atoms with Gasteiger partial charge < -0.3 is 14.8 Å². The number of fused-ring (bicyclic) bond motifs is 1. The lowest BCUT2D eigenvalue weighted by Crippen LogP contribution is -2.32. The number of ketones is 1. The van der Waals surface area contributed by atoms with E-state index in [1.165, 1.54) is 30.4 Å². The first-order chi connectivity index (χ1) is 27.2. The van der Waals surface area contributed by atoms with Gasteiger partial charge in [0.2, 0.25) is 0 Å². The Kier molecular flexibility index (Phi) is 9.95. The fourth-order valence-corrected chi connectivity index (χ4v) is 12.3. The number of para-hydroxylation sites is 1. The topological polar surface area (TPSA) is 98.8 Å². The Balaban J connectivity index is 1.25. The van der Waals surface area contributed by atoms with Crippen molar-refractivity contribution in [1.29, 1.82) is 0 Å². The maximum Gasteiger partial charge on any atom is 0.314 e. The van der Waals surface area contributed by atoms with Gasteiger partial charge in [-0.3, -0.25) is 19.2 Å². The molecule has 1 amide bonds. The second kappa shape index (κ2) is 15.1. The molecule has 0 radical (unpaired) electrons. The second-order valence-corrected chi connectivity index (χ2v) is 18.6. The molecule has 1 heterocycles. The lowest BCUT2D eigenvalue weighted by Gasteiger charge is -2.43. The molecular formula is C47H45NO6S2. The van der Waals surface area contributed by atoms with Gasteiger partial charge in [0.1, 0.15) is 5.57 Å². The summed E-state index contributed by atoms with van der Waals surface area (Å²) in [6.45, 7) is 5.85. The maximum absolute atomic E-state index is 14.3. The van der Waals surface area contributed by atoms with Crippen LogP contribution in [0.15, 0.2) is 98.5 Å². The summed E-state index contributed by atoms with van der Waals surface area (Å²) in [5.41, 5.74) is 6.75. The number of nitrogens with one attached hydrogen (secondary N) is 1. The van der Waals surface area contributed by atoms with Crippen molar-refractivity contribution in [2.75, 3.05) is 5.32 Å². The molecule has 0 saturated heterocycles. The molecule has 7 nitrogen and oxygen atoms in total. The van der Waals surface area contributed by atoms with Gasteiger partial charge in [0.25, 0.3) is 5.91 Å². The van der Waals surface area contributed by atoms with Gasteiger partial charge in [-0.1, -0.05) is 104 Å². The van der Waals surface area contributed by atoms with E-state index in [2.05, 4.69) is 43.4 Å². The largest absolute Gasteiger partial charge is 0.425 e. The van der Waals surface area contributed by atoms with Crippen LogP contribution >= 0.6 is 23.5 Å². The molecule has 286 valence electrons. The monoisotopic (exact) mass is 783 g/mol. The molecule has 0 spiro atoms. The molecule has 2 saturated carbocycles. The quantitative estimate of drug-likeness (QED) is 0.0562. The lowest BCUT2D eigenvalue weighted by atomic mass is 9.60. The summed E-state index contributed by atoms with van der Waals surface area (Å²) in [5.74, 6) is -0.471. The summed E-state index contributed by atoms with van der Waals surface area (Å²) < 4.78 is 13.9. The molecule has 0 atom stereocenters. The molecule has 4 aromatic rings. The van der Waals surface area contributed by atoms with E-state index in [-0.39, 0.29) is 41.2 Å². The summed E-state index contributed by atoms with van der Waals surface area (Å²) in [6, 6.07) is 25.8. The minimum Gasteiger partial charge on any atom is -0.425 e. The Labute approximate surface area is 336 Å². The van der Waals surface area contributed by atoms with Gasteiger partial charge in [-0.2, -0.15) is 0 Å². The first-order valence-corrected chi connectivity index (χ1v) is 21.6. The predicted molar refractivity (Wildman–Crippen MR) is 219 cm³/mol. The zero-order valence-electron chi connectivity index (χ0n) is 31.9. The maximum atomic E-state index is 14.3. The zero-order chi connectivity index (χ0) is 38.7. The minimum atomic E-state index is -0.527. The molecule has 10 rings (SSSR count). The highest BCUT2D eigenvalue weighted by atomic mass is 32.2. The van der Waals surface area contributed by atoms with Crippen LogP contribution in [0.3, 0.4) is 0 Å². The highest BCUT2D eigenvalue weighted by Crippen LogP contribution is 2.68. The molecule has 5 aliphatic carbocycles. The summed E-state index contributed by atoms with van der Waals surface area (Å²) >= 11 is 2.52. The van der Waals surface area contributed by atoms with Crippen molar-refractivity contribution < 1.29 is 28.7 Å². The number of ether oxygens (including phenoxy) is 2. The molecule has 0 aromatic heterocycles. The number of amides is 1. The summed E-state index contributed by atoms with van der Waals surface area (Å²) in [5, 5.41) is 2.90. The number of carbonyl (C=O) groups is 4. The van der Waals surface area contributed by atoms with E-state index < -0.39 is 11.7 Å². The first-order valence-electron chi connectivity index (χ1n) is 20.0. The van der Waals surface area contributed by atoms with Crippen LogP contribution in [0, 0.1) is 23.7 Å². The molecule has 2 bridgehead atoms. The number of rotatable bonds is 7. The number of thioether (sulfide) groups is 2. The van der Waals surface area contributed by atoms with Gasteiger partial charge in [-0.05, 0) is 105 Å². The lowest BCUT2D eigenvalue weighted by molar-refractivity contribution is -0.141. The SMILES string of the molecule is CC(=O)C(C(=O)Nc1ccccc1)=C1Sc2c(OC(=O)C3CCC(C)CC3)c3c(c(OC(=O)C4CCC(C)CC4)c2S1)C1c2ccccc2C3c2ccccc21. The van der Waals surface area contributed by atoms with E-state index in [4.69, 9.17) is 9.47 Å². The van der Waals surface area contributed by atoms with Crippen LogP contribution in [-0.2, 0) is 19.2 Å². The Bertz CT molecular complexity index is 2130. The van der Waals surface area contributed by atoms with Gasteiger partial charge in [0.15, 0.2) is 17.3 Å². The average Bonchev–Trinajstić information content (AvgIpc) is 3.64. The molecule has 0 unspecified atom stereocenters. The van der Waals surface area contributed by atoms with Crippen molar-refractivity contribution in [3.8, 4) is 11.5 Å². The zero-order valence-corrected chi connectivity index (χ0v) is 33.5. The number of anilines is 1. The van der Waals surface area contributed by atoms with Crippen LogP contribution in [0.25, 0.3) is 0 Å². The Morgan fingerprint density at radius 3 is 1.36 bits per heavy atom. The molecule has 4 aromatic carbocycles. The van der Waals surface area contributed by atoms with Crippen molar-refractivity contribution >= 4 is 52.8 Å². The van der Waals surface area contributed by atoms with E-state index in [0.29, 0.717) is 43.1 Å². The fraction of sp³-hybridized carbons (Fsp3) is 0.362. The highest BCUT2D eigenvalue weighted by molar-refractivity contribution is 8.25. The Morgan fingerprint density at radius 1 is 0.571 bits per heavy atom. The van der Waals surface area contributed by atoms with E-state index in [1.807, 2.05) is 42.5 Å². The summed E-state index contributed by atoms with van der Waals surface area (Å²) in [7, 11) is 0. The van der Waals surface area contributed by atoms with Crippen molar-refractivity contribution in [3.05, 3.63) is 122 Å². The van der Waals surface area contributed by atoms with Crippen LogP contribution in [0.2, 0.25) is 0 Å². The van der Waals surface area contributed by atoms with Gasteiger partial charge >= 0.3 is 11.9 Å². The van der Waals surface area contributed by atoms with E-state index in [0.717, 1.165) is 84.7 Å². The van der Waals surface area contributed by atoms with Crippen LogP contribution in [0.1, 0.15) is 117 Å². The van der Waals surface area contributed by atoms with E-state index in [9.17, 15) is 19.2 Å². The van der Waals surface area contributed by atoms with E-state index in [1.54, 1.807) is 12.1 Å². The van der Waals surface area contributed by atoms with Gasteiger partial charge in [0, 0.05) is 28.7 Å². The van der Waals surface area contributed by atoms with Crippen molar-refractivity contribution in [2.45, 2.75) is 93.8 Å². The normalized spacial score (nSPS) is 24.2. The number of Topliss-reactive ketones (excluding diaryl/α,β-unsaturated/α-hetero) is 1. The smallest absolute Gasteiger partial charge is 0.314 e. The van der Waals surface area contributed by atoms with Gasteiger partial charge in [-0.25, -0.2) is 0 Å². The summed E-state index contributed by atoms with van der Waals surface area (Å²) in [4.78, 5) is 57.3. The number of carbonyl (C=O) groups excluding carboxylic acids is 4. The highest BCUT2D eigenvalue weighted by Gasteiger charge is 2.49. The van der Waals surface area contributed by atoms with Crippen LogP contribution in [0.4, 0.5) is 5.69 Å². The van der Waals surface area contributed by atoms with Crippen LogP contribution in [0.5, 0.6) is 11.5 Å². The molecule has 1 N–H and O–H groups in total. The van der Waals surface area contributed by atoms with Gasteiger partial charge in [-0.15, -0.1) is 0 Å². The fourth-order valence-electron chi connectivity index (χ4n) is 9.47. The third-order valence-electron chi connectivity index (χ3n) is 12.5. The van der Waals surface area contributed by atoms with Crippen molar-refractivity contribution in [3.63, 3.8) is 0 Å². The van der Waals surface area contributed by atoms with Crippen molar-refractivity contribution in [2.24, 2.45) is 23.7 Å². The third-order valence-corrected chi connectivity index (χ3v) is 15.1. The molecular weight excluding hydrogens is 739 g/mol. The number of benzene rings is 4. The first kappa shape index (κ1) is 37.0. The predicted octanol–water partition coefficient (Wildman–Crippen LogP) is 10.8. The third kappa shape index (κ3) is 6.50. The van der Waals surface area contributed by atoms with Crippen LogP contribution in [-0.4, -0.2) is 23.6 Å². The standard InChI is InChI=1S/C47H45NO6S2/c1-25-17-21-28(22-18-25)45(51)53-40-38-36-31-13-7-9-15-33(31)37(34-16-10-8-14-32(34)36)39(38)41(54-46(52)29-23-19-26(2)20-24-29)43-42(40)55-47(56-43)35(27(3)49)44(50)48-30-11-5-4-6-12-30/h4-16,25-26,28-29,36-37H,17-24H2,1-3H3,(H,48,50). The number of hydrogen-bond donors (Lipinski definition) is 1. The molecule has 9 heteroatoms. The molecule has 56 heavy (non-hydrogen) atoms. The van der Waals surface area contributed by atoms with E-state index >= 15 is 0 Å². The second-order valence-electron chi connectivity index (χ2n) is 16.3. The minimum absolute atomic E-state index is 0.00431. The average molecular weight is 784 g/mol. The van der Waals surface area contributed by atoms with Crippen LogP contribution < -0.4 is 14.8 Å². The number of hydrogen-bond acceptors (Lipinski definition) is 8. The molecule has 6 aliphatic rings. The Morgan fingerprint density at radius 2 is 0.964 bits per heavy atom.